The van der Waals surface area contributed by atoms with Crippen LogP contribution in [0, 0.1) is 18.3 Å². The van der Waals surface area contributed by atoms with Gasteiger partial charge in [0.2, 0.25) is 11.9 Å². The molecule has 1 aromatic heterocycles. The van der Waals surface area contributed by atoms with Gasteiger partial charge in [-0.25, -0.2) is 9.97 Å². The molecule has 3 aliphatic heterocycles. The van der Waals surface area contributed by atoms with Crippen molar-refractivity contribution in [3.8, 4) is 0 Å². The van der Waals surface area contributed by atoms with Gasteiger partial charge in [-0.05, 0) is 37.5 Å². The number of likely N-dealkylation sites (tertiary alicyclic amines) is 1. The summed E-state index contributed by atoms with van der Waals surface area (Å²) in [7, 11) is 0. The Morgan fingerprint density at radius 3 is 2.52 bits per heavy atom. The number of amides is 2. The number of morpholine rings is 1. The SMILES string of the molecule is Cc1ccccc1C(=O)N1CCC[C@@]2(C(=O)N3CCOCC3)CN(c3ncccn3)C[C@H]2C1. The molecule has 174 valence electrons. The second-order valence-corrected chi connectivity index (χ2v) is 9.36. The Kier molecular flexibility index (Phi) is 6.01. The molecule has 4 heterocycles. The molecule has 0 bridgehead atoms. The molecule has 2 aromatic rings. The Hall–Kier alpha value is -3.00. The number of aryl methyl sites for hydroxylation is 1. The summed E-state index contributed by atoms with van der Waals surface area (Å²) in [4.78, 5) is 42.4. The summed E-state index contributed by atoms with van der Waals surface area (Å²) in [6.45, 7) is 6.87. The number of hydrogen-bond donors (Lipinski definition) is 0. The molecule has 0 spiro atoms. The molecule has 2 atom stereocenters. The topological polar surface area (TPSA) is 78.9 Å². The second kappa shape index (κ2) is 9.09. The molecular weight excluding hydrogens is 418 g/mol. The number of fused-ring (bicyclic) bond motifs is 1. The van der Waals surface area contributed by atoms with E-state index in [0.717, 1.165) is 24.0 Å². The van der Waals surface area contributed by atoms with E-state index >= 15 is 0 Å². The maximum atomic E-state index is 14.0. The summed E-state index contributed by atoms with van der Waals surface area (Å²) in [5, 5.41) is 0. The van der Waals surface area contributed by atoms with Crippen LogP contribution in [0.2, 0.25) is 0 Å². The van der Waals surface area contributed by atoms with E-state index in [1.54, 1.807) is 18.5 Å². The number of nitrogens with zero attached hydrogens (tertiary/aromatic N) is 5. The third kappa shape index (κ3) is 4.08. The molecular formula is C25H31N5O3. The predicted octanol–water partition coefficient (Wildman–Crippen LogP) is 2.00. The number of carbonyl (C=O) groups is 2. The van der Waals surface area contributed by atoms with Gasteiger partial charge in [0.25, 0.3) is 5.91 Å². The molecule has 0 unspecified atom stereocenters. The van der Waals surface area contributed by atoms with Gasteiger partial charge in [0.1, 0.15) is 0 Å². The average molecular weight is 450 g/mol. The lowest BCUT2D eigenvalue weighted by Gasteiger charge is -2.38. The van der Waals surface area contributed by atoms with E-state index in [1.807, 2.05) is 41.0 Å². The van der Waals surface area contributed by atoms with E-state index < -0.39 is 5.41 Å². The first-order valence-electron chi connectivity index (χ1n) is 11.8. The van der Waals surface area contributed by atoms with Gasteiger partial charge in [-0.15, -0.1) is 0 Å². The van der Waals surface area contributed by atoms with Crippen molar-refractivity contribution in [2.75, 3.05) is 57.4 Å². The maximum absolute atomic E-state index is 14.0. The van der Waals surface area contributed by atoms with Crippen molar-refractivity contribution in [1.82, 2.24) is 19.8 Å². The quantitative estimate of drug-likeness (QED) is 0.713. The van der Waals surface area contributed by atoms with Gasteiger partial charge >= 0.3 is 0 Å². The first-order chi connectivity index (χ1) is 16.1. The minimum absolute atomic E-state index is 0.0205. The highest BCUT2D eigenvalue weighted by atomic mass is 16.5. The highest BCUT2D eigenvalue weighted by molar-refractivity contribution is 5.96. The Labute approximate surface area is 194 Å². The van der Waals surface area contributed by atoms with Crippen molar-refractivity contribution >= 4 is 17.8 Å². The van der Waals surface area contributed by atoms with E-state index in [4.69, 9.17) is 4.74 Å². The number of anilines is 1. The van der Waals surface area contributed by atoms with E-state index in [2.05, 4.69) is 14.9 Å². The van der Waals surface area contributed by atoms with E-state index in [9.17, 15) is 9.59 Å². The minimum atomic E-state index is -0.544. The zero-order chi connectivity index (χ0) is 22.8. The number of carbonyl (C=O) groups excluding carboxylic acids is 2. The van der Waals surface area contributed by atoms with Crippen LogP contribution in [0.25, 0.3) is 0 Å². The molecule has 1 aromatic carbocycles. The van der Waals surface area contributed by atoms with Gasteiger partial charge in [-0.3, -0.25) is 9.59 Å². The zero-order valence-electron chi connectivity index (χ0n) is 19.2. The summed E-state index contributed by atoms with van der Waals surface area (Å²) in [6, 6.07) is 9.54. The predicted molar refractivity (Wildman–Crippen MR) is 124 cm³/mol. The van der Waals surface area contributed by atoms with Crippen LogP contribution in [0.3, 0.4) is 0 Å². The molecule has 0 N–H and O–H groups in total. The summed E-state index contributed by atoms with van der Waals surface area (Å²) < 4.78 is 5.49. The van der Waals surface area contributed by atoms with Crippen molar-refractivity contribution < 1.29 is 14.3 Å². The van der Waals surface area contributed by atoms with Gasteiger partial charge in [-0.2, -0.15) is 0 Å². The molecule has 5 rings (SSSR count). The molecule has 2 amide bonds. The summed E-state index contributed by atoms with van der Waals surface area (Å²) >= 11 is 0. The van der Waals surface area contributed by atoms with Gasteiger partial charge < -0.3 is 19.4 Å². The number of rotatable bonds is 3. The zero-order valence-corrected chi connectivity index (χ0v) is 19.2. The number of aromatic nitrogens is 2. The molecule has 3 saturated heterocycles. The third-order valence-electron chi connectivity index (χ3n) is 7.41. The number of benzene rings is 1. The fraction of sp³-hybridized carbons (Fsp3) is 0.520. The van der Waals surface area contributed by atoms with Gasteiger partial charge in [-0.1, -0.05) is 18.2 Å². The summed E-state index contributed by atoms with van der Waals surface area (Å²) in [5.41, 5.74) is 1.18. The third-order valence-corrected chi connectivity index (χ3v) is 7.41. The summed E-state index contributed by atoms with van der Waals surface area (Å²) in [6.07, 6.45) is 5.03. The van der Waals surface area contributed by atoms with Crippen LogP contribution in [0.1, 0.15) is 28.8 Å². The van der Waals surface area contributed by atoms with E-state index in [1.165, 1.54) is 0 Å². The van der Waals surface area contributed by atoms with Crippen molar-refractivity contribution in [3.63, 3.8) is 0 Å². The fourth-order valence-electron chi connectivity index (χ4n) is 5.64. The van der Waals surface area contributed by atoms with Crippen LogP contribution >= 0.6 is 0 Å². The van der Waals surface area contributed by atoms with Crippen LogP contribution in [0.4, 0.5) is 5.95 Å². The van der Waals surface area contributed by atoms with Gasteiger partial charge in [0.05, 0.1) is 18.6 Å². The molecule has 0 aliphatic carbocycles. The van der Waals surface area contributed by atoms with Crippen molar-refractivity contribution in [1.29, 1.82) is 0 Å². The first kappa shape index (κ1) is 21.8. The smallest absolute Gasteiger partial charge is 0.254 e. The molecule has 8 heteroatoms. The summed E-state index contributed by atoms with van der Waals surface area (Å²) in [5.74, 6) is 0.917. The fourth-order valence-corrected chi connectivity index (χ4v) is 5.64. The van der Waals surface area contributed by atoms with Gasteiger partial charge in [0, 0.05) is 63.1 Å². The van der Waals surface area contributed by atoms with Crippen molar-refractivity contribution in [2.45, 2.75) is 19.8 Å². The molecule has 0 saturated carbocycles. The largest absolute Gasteiger partial charge is 0.378 e. The Bertz CT molecular complexity index is 1010. The molecule has 0 radical (unpaired) electrons. The number of hydrogen-bond acceptors (Lipinski definition) is 6. The highest BCUT2D eigenvalue weighted by Gasteiger charge is 2.55. The van der Waals surface area contributed by atoms with E-state index in [-0.39, 0.29) is 17.7 Å². The number of ether oxygens (including phenoxy) is 1. The van der Waals surface area contributed by atoms with Crippen LogP contribution < -0.4 is 4.90 Å². The molecule has 3 fully saturated rings. The maximum Gasteiger partial charge on any atom is 0.254 e. The molecule has 3 aliphatic rings. The average Bonchev–Trinajstić information content (AvgIpc) is 3.13. The van der Waals surface area contributed by atoms with Crippen LogP contribution in [0.15, 0.2) is 42.7 Å². The lowest BCUT2D eigenvalue weighted by atomic mass is 9.73. The van der Waals surface area contributed by atoms with Crippen molar-refractivity contribution in [2.24, 2.45) is 11.3 Å². The normalized spacial score (nSPS) is 25.5. The van der Waals surface area contributed by atoms with Crippen LogP contribution in [0.5, 0.6) is 0 Å². The van der Waals surface area contributed by atoms with Crippen LogP contribution in [-0.4, -0.2) is 84.1 Å². The monoisotopic (exact) mass is 449 g/mol. The Morgan fingerprint density at radius 2 is 1.76 bits per heavy atom. The van der Waals surface area contributed by atoms with Crippen molar-refractivity contribution in [3.05, 3.63) is 53.9 Å². The first-order valence-corrected chi connectivity index (χ1v) is 11.8. The lowest BCUT2D eigenvalue weighted by Crippen LogP contribution is -2.53. The minimum Gasteiger partial charge on any atom is -0.378 e. The van der Waals surface area contributed by atoms with E-state index in [0.29, 0.717) is 58.4 Å². The Balaban J connectivity index is 1.45. The standard InChI is InChI=1S/C25H31N5O3/c1-19-6-2-3-7-21(19)22(31)29-11-4-8-25(23(32)28-12-14-33-15-13-28)18-30(17-20(25)16-29)24-26-9-5-10-27-24/h2-3,5-7,9-10,20H,4,8,11-18H2,1H3/t20-,25-/m1/s1. The lowest BCUT2D eigenvalue weighted by molar-refractivity contribution is -0.148. The highest BCUT2D eigenvalue weighted by Crippen LogP contribution is 2.45. The molecule has 8 nitrogen and oxygen atoms in total. The Morgan fingerprint density at radius 1 is 1.00 bits per heavy atom. The molecule has 33 heavy (non-hydrogen) atoms. The second-order valence-electron chi connectivity index (χ2n) is 9.36. The van der Waals surface area contributed by atoms with Gasteiger partial charge in [0.15, 0.2) is 0 Å². The van der Waals surface area contributed by atoms with Crippen LogP contribution in [-0.2, 0) is 9.53 Å².